The number of aliphatic carboxylic acids is 1. The van der Waals surface area contributed by atoms with Gasteiger partial charge in [-0.15, -0.1) is 0 Å². The van der Waals surface area contributed by atoms with Crippen molar-refractivity contribution in [2.45, 2.75) is 32.1 Å². The van der Waals surface area contributed by atoms with Gasteiger partial charge in [-0.2, -0.15) is 0 Å². The Morgan fingerprint density at radius 2 is 2.05 bits per heavy atom. The molecule has 0 heterocycles. The minimum absolute atomic E-state index is 0.0109. The van der Waals surface area contributed by atoms with Gasteiger partial charge in [-0.3, -0.25) is 4.79 Å². The first kappa shape index (κ1) is 13.7. The van der Waals surface area contributed by atoms with Gasteiger partial charge in [0.1, 0.15) is 5.75 Å². The number of benzene rings is 2. The molecule has 0 radical (unpaired) electrons. The normalized spacial score (nSPS) is 16.7. The predicted octanol–water partition coefficient (Wildman–Crippen LogP) is 3.41. The quantitative estimate of drug-likeness (QED) is 0.887. The van der Waals surface area contributed by atoms with Gasteiger partial charge in [-0.05, 0) is 65.6 Å². The molecule has 0 spiro atoms. The molecule has 0 amide bonds. The Morgan fingerprint density at radius 1 is 1.24 bits per heavy atom. The lowest BCUT2D eigenvalue weighted by molar-refractivity contribution is -0.137. The Bertz CT molecular complexity index is 704. The largest absolute Gasteiger partial charge is 0.508 e. The van der Waals surface area contributed by atoms with Gasteiger partial charge < -0.3 is 10.2 Å². The molecule has 21 heavy (non-hydrogen) atoms. The highest BCUT2D eigenvalue weighted by Gasteiger charge is 2.25. The summed E-state index contributed by atoms with van der Waals surface area (Å²) in [6.07, 6.45) is 1.59. The molecule has 2 aromatic carbocycles. The van der Waals surface area contributed by atoms with Crippen LogP contribution in [-0.2, 0) is 17.6 Å². The van der Waals surface area contributed by atoms with Gasteiger partial charge in [0.05, 0.1) is 6.42 Å². The molecule has 1 aliphatic carbocycles. The Labute approximate surface area is 123 Å². The summed E-state index contributed by atoms with van der Waals surface area (Å²) in [6.45, 7) is 2.06. The average molecular weight is 282 g/mol. The van der Waals surface area contributed by atoms with Crippen LogP contribution in [-0.4, -0.2) is 16.2 Å². The van der Waals surface area contributed by atoms with Gasteiger partial charge in [-0.1, -0.05) is 24.3 Å². The molecule has 0 fully saturated rings. The van der Waals surface area contributed by atoms with E-state index in [1.54, 1.807) is 12.1 Å². The molecule has 2 N–H and O–H groups in total. The zero-order chi connectivity index (χ0) is 15.0. The monoisotopic (exact) mass is 282 g/mol. The van der Waals surface area contributed by atoms with Crippen molar-refractivity contribution in [3.05, 3.63) is 64.2 Å². The number of fused-ring (bicyclic) bond motifs is 2. The average Bonchev–Trinajstić information content (AvgIpc) is 2.56. The van der Waals surface area contributed by atoms with E-state index in [1.165, 1.54) is 11.1 Å². The Kier molecular flexibility index (Phi) is 3.42. The number of carboxylic acids is 1. The zero-order valence-electron chi connectivity index (χ0n) is 12.0. The van der Waals surface area contributed by atoms with Crippen LogP contribution in [0.25, 0.3) is 0 Å². The molecule has 108 valence electrons. The van der Waals surface area contributed by atoms with Crippen LogP contribution in [0, 0.1) is 6.92 Å². The van der Waals surface area contributed by atoms with Crippen molar-refractivity contribution in [3.8, 4) is 5.75 Å². The highest BCUT2D eigenvalue weighted by Crippen LogP contribution is 2.36. The van der Waals surface area contributed by atoms with Crippen LogP contribution in [0.5, 0.6) is 5.75 Å². The molecule has 3 nitrogen and oxygen atoms in total. The van der Waals surface area contributed by atoms with Crippen molar-refractivity contribution >= 4 is 5.97 Å². The smallest absolute Gasteiger partial charge is 0.303 e. The van der Waals surface area contributed by atoms with E-state index in [0.29, 0.717) is 6.42 Å². The van der Waals surface area contributed by atoms with E-state index >= 15 is 0 Å². The second-order valence-electron chi connectivity index (χ2n) is 5.77. The molecule has 0 bridgehead atoms. The summed E-state index contributed by atoms with van der Waals surface area (Å²) in [5, 5.41) is 18.9. The van der Waals surface area contributed by atoms with Gasteiger partial charge in [0.25, 0.3) is 0 Å². The lowest BCUT2D eigenvalue weighted by Crippen LogP contribution is -2.10. The maximum absolute atomic E-state index is 11.2. The minimum atomic E-state index is -0.769. The first-order chi connectivity index (χ1) is 10.0. The maximum Gasteiger partial charge on any atom is 0.303 e. The molecule has 1 aliphatic rings. The molecule has 1 unspecified atom stereocenters. The lowest BCUT2D eigenvalue weighted by atomic mass is 9.87. The van der Waals surface area contributed by atoms with Crippen molar-refractivity contribution < 1.29 is 15.0 Å². The van der Waals surface area contributed by atoms with Crippen LogP contribution < -0.4 is 0 Å². The topological polar surface area (TPSA) is 57.5 Å². The van der Waals surface area contributed by atoms with Gasteiger partial charge >= 0.3 is 5.97 Å². The third-order valence-corrected chi connectivity index (χ3v) is 4.33. The van der Waals surface area contributed by atoms with Crippen molar-refractivity contribution in [3.63, 3.8) is 0 Å². The molecule has 0 aliphatic heterocycles. The SMILES string of the molecule is Cc1cccc2c1Cc1cc(O)ccc1CC2CC(=O)O. The Hall–Kier alpha value is -2.29. The highest BCUT2D eigenvalue weighted by molar-refractivity contribution is 5.68. The summed E-state index contributed by atoms with van der Waals surface area (Å²) in [7, 11) is 0. The van der Waals surface area contributed by atoms with E-state index in [1.807, 2.05) is 18.2 Å². The number of carbonyl (C=O) groups is 1. The number of hydrogen-bond acceptors (Lipinski definition) is 2. The number of carboxylic acid groups (broad SMARTS) is 1. The van der Waals surface area contributed by atoms with Crippen LogP contribution in [0.1, 0.15) is 40.2 Å². The molecular formula is C18H18O3. The summed E-state index contributed by atoms with van der Waals surface area (Å²) in [5.41, 5.74) is 5.74. The lowest BCUT2D eigenvalue weighted by Gasteiger charge is -2.17. The first-order valence-electron chi connectivity index (χ1n) is 7.15. The van der Waals surface area contributed by atoms with E-state index in [-0.39, 0.29) is 18.1 Å². The molecule has 1 atom stereocenters. The van der Waals surface area contributed by atoms with E-state index < -0.39 is 5.97 Å². The standard InChI is InChI=1S/C18H18O3/c1-11-3-2-4-16-14(10-18(20)21)7-12-5-6-15(19)8-13(12)9-17(11)16/h2-6,8,14,19H,7,9-10H2,1H3,(H,20,21). The molecule has 2 aromatic rings. The van der Waals surface area contributed by atoms with Crippen LogP contribution in [0.4, 0.5) is 0 Å². The number of phenolic OH excluding ortho intramolecular Hbond substituents is 1. The van der Waals surface area contributed by atoms with E-state index in [2.05, 4.69) is 13.0 Å². The van der Waals surface area contributed by atoms with Crippen molar-refractivity contribution in [1.82, 2.24) is 0 Å². The second kappa shape index (κ2) is 5.24. The van der Waals surface area contributed by atoms with Crippen LogP contribution in [0.2, 0.25) is 0 Å². The second-order valence-corrected chi connectivity index (χ2v) is 5.77. The number of rotatable bonds is 2. The van der Waals surface area contributed by atoms with Gasteiger partial charge in [0.2, 0.25) is 0 Å². The maximum atomic E-state index is 11.2. The molecule has 0 saturated heterocycles. The summed E-state index contributed by atoms with van der Waals surface area (Å²) >= 11 is 0. The molecule has 3 rings (SSSR count). The third kappa shape index (κ3) is 2.64. The van der Waals surface area contributed by atoms with Crippen molar-refractivity contribution in [2.75, 3.05) is 0 Å². The van der Waals surface area contributed by atoms with E-state index in [0.717, 1.165) is 23.1 Å². The number of aromatic hydroxyl groups is 1. The molecule has 0 aromatic heterocycles. The number of aryl methyl sites for hydroxylation is 1. The molecule has 0 saturated carbocycles. The van der Waals surface area contributed by atoms with Crippen LogP contribution in [0.15, 0.2) is 36.4 Å². The summed E-state index contributed by atoms with van der Waals surface area (Å²) in [5.74, 6) is -0.515. The van der Waals surface area contributed by atoms with Crippen LogP contribution in [0.3, 0.4) is 0 Å². The van der Waals surface area contributed by atoms with Crippen LogP contribution >= 0.6 is 0 Å². The number of hydrogen-bond donors (Lipinski definition) is 2. The highest BCUT2D eigenvalue weighted by atomic mass is 16.4. The predicted molar refractivity (Wildman–Crippen MR) is 80.8 cm³/mol. The van der Waals surface area contributed by atoms with Crippen molar-refractivity contribution in [1.29, 1.82) is 0 Å². The zero-order valence-corrected chi connectivity index (χ0v) is 12.0. The Morgan fingerprint density at radius 3 is 2.81 bits per heavy atom. The fourth-order valence-corrected chi connectivity index (χ4v) is 3.28. The third-order valence-electron chi connectivity index (χ3n) is 4.33. The summed E-state index contributed by atoms with van der Waals surface area (Å²) in [6, 6.07) is 11.5. The number of phenols is 1. The van der Waals surface area contributed by atoms with E-state index in [9.17, 15) is 15.0 Å². The fraction of sp³-hybridized carbons (Fsp3) is 0.278. The summed E-state index contributed by atoms with van der Waals surface area (Å²) < 4.78 is 0. The molecular weight excluding hydrogens is 264 g/mol. The minimum Gasteiger partial charge on any atom is -0.508 e. The van der Waals surface area contributed by atoms with Gasteiger partial charge in [-0.25, -0.2) is 0 Å². The van der Waals surface area contributed by atoms with E-state index in [4.69, 9.17) is 0 Å². The van der Waals surface area contributed by atoms with Gasteiger partial charge in [0, 0.05) is 0 Å². The fourth-order valence-electron chi connectivity index (χ4n) is 3.28. The Balaban J connectivity index is 2.14. The van der Waals surface area contributed by atoms with Crippen molar-refractivity contribution in [2.24, 2.45) is 0 Å². The molecule has 3 heteroatoms. The summed E-state index contributed by atoms with van der Waals surface area (Å²) in [4.78, 5) is 11.2. The first-order valence-corrected chi connectivity index (χ1v) is 7.15. The van der Waals surface area contributed by atoms with Gasteiger partial charge in [0.15, 0.2) is 0 Å².